The summed E-state index contributed by atoms with van der Waals surface area (Å²) in [7, 11) is 0. The van der Waals surface area contributed by atoms with E-state index in [1.807, 2.05) is 6.92 Å². The van der Waals surface area contributed by atoms with E-state index in [1.165, 1.54) is 12.8 Å². The number of carbonyl (C=O) groups excluding carboxylic acids is 1. The Balaban J connectivity index is 2.13. The van der Waals surface area contributed by atoms with Gasteiger partial charge in [-0.15, -0.1) is 0 Å². The minimum Gasteiger partial charge on any atom is -0.338 e. The molecule has 3 heteroatoms. The van der Waals surface area contributed by atoms with Crippen LogP contribution in [-0.4, -0.2) is 36.0 Å². The zero-order chi connectivity index (χ0) is 11.1. The Hall–Kier alpha value is -0.570. The normalized spacial score (nSPS) is 31.5. The van der Waals surface area contributed by atoms with Gasteiger partial charge in [-0.2, -0.15) is 0 Å². The topological polar surface area (TPSA) is 32.3 Å². The Morgan fingerprint density at radius 1 is 1.60 bits per heavy atom. The van der Waals surface area contributed by atoms with Crippen molar-refractivity contribution in [3.63, 3.8) is 0 Å². The Labute approximate surface area is 92.2 Å². The van der Waals surface area contributed by atoms with E-state index in [0.29, 0.717) is 11.5 Å². The Morgan fingerprint density at radius 2 is 2.27 bits per heavy atom. The molecule has 2 atom stereocenters. The second-order valence-corrected chi connectivity index (χ2v) is 5.33. The Kier molecular flexibility index (Phi) is 2.75. The van der Waals surface area contributed by atoms with Crippen molar-refractivity contribution in [3.05, 3.63) is 0 Å². The van der Waals surface area contributed by atoms with Crippen molar-refractivity contribution < 1.29 is 4.79 Å². The molecule has 0 aromatic heterocycles. The standard InChI is InChI=1S/C12H22N2O/c1-4-9(2)14-8-12(5-6-12)7-13-10(3)11(14)15/h9-10,13H,4-8H2,1-3H3. The largest absolute Gasteiger partial charge is 0.338 e. The molecule has 1 heterocycles. The molecule has 1 saturated heterocycles. The number of hydrogen-bond donors (Lipinski definition) is 1. The van der Waals surface area contributed by atoms with Crippen molar-refractivity contribution in [1.29, 1.82) is 0 Å². The predicted octanol–water partition coefficient (Wildman–Crippen LogP) is 1.39. The maximum absolute atomic E-state index is 12.1. The van der Waals surface area contributed by atoms with Crippen LogP contribution in [0.25, 0.3) is 0 Å². The number of nitrogens with one attached hydrogen (secondary N) is 1. The van der Waals surface area contributed by atoms with Crippen LogP contribution in [0.5, 0.6) is 0 Å². The molecule has 2 rings (SSSR count). The monoisotopic (exact) mass is 210 g/mol. The minimum atomic E-state index is -0.000949. The van der Waals surface area contributed by atoms with Crippen LogP contribution in [-0.2, 0) is 4.79 Å². The molecule has 1 spiro atoms. The molecular formula is C12H22N2O. The molecule has 1 aliphatic carbocycles. The van der Waals surface area contributed by atoms with Gasteiger partial charge in [-0.3, -0.25) is 4.79 Å². The first-order chi connectivity index (χ1) is 7.08. The van der Waals surface area contributed by atoms with Gasteiger partial charge in [0.2, 0.25) is 5.91 Å². The molecule has 0 radical (unpaired) electrons. The van der Waals surface area contributed by atoms with Crippen LogP contribution < -0.4 is 5.32 Å². The molecule has 2 unspecified atom stereocenters. The first-order valence-electron chi connectivity index (χ1n) is 6.12. The summed E-state index contributed by atoms with van der Waals surface area (Å²) in [5.74, 6) is 0.285. The van der Waals surface area contributed by atoms with Gasteiger partial charge < -0.3 is 10.2 Å². The molecule has 2 aliphatic rings. The second-order valence-electron chi connectivity index (χ2n) is 5.33. The minimum absolute atomic E-state index is 0.000949. The quantitative estimate of drug-likeness (QED) is 0.747. The van der Waals surface area contributed by atoms with Crippen molar-refractivity contribution in [1.82, 2.24) is 10.2 Å². The molecule has 86 valence electrons. The molecule has 15 heavy (non-hydrogen) atoms. The van der Waals surface area contributed by atoms with E-state index in [-0.39, 0.29) is 11.9 Å². The molecule has 0 bridgehead atoms. The Morgan fingerprint density at radius 3 is 2.80 bits per heavy atom. The van der Waals surface area contributed by atoms with Crippen LogP contribution in [0.15, 0.2) is 0 Å². The third-order valence-electron chi connectivity index (χ3n) is 4.02. The molecule has 1 aliphatic heterocycles. The molecule has 1 saturated carbocycles. The van der Waals surface area contributed by atoms with Gasteiger partial charge in [0.25, 0.3) is 0 Å². The maximum Gasteiger partial charge on any atom is 0.239 e. The lowest BCUT2D eigenvalue weighted by atomic mass is 10.1. The Bertz CT molecular complexity index is 260. The van der Waals surface area contributed by atoms with Gasteiger partial charge in [0, 0.05) is 24.5 Å². The second kappa shape index (κ2) is 3.78. The first kappa shape index (κ1) is 10.9. The van der Waals surface area contributed by atoms with E-state index in [9.17, 15) is 4.79 Å². The van der Waals surface area contributed by atoms with E-state index in [4.69, 9.17) is 0 Å². The molecule has 1 amide bonds. The predicted molar refractivity (Wildman–Crippen MR) is 60.6 cm³/mol. The highest BCUT2D eigenvalue weighted by molar-refractivity contribution is 5.82. The fourth-order valence-corrected chi connectivity index (χ4v) is 2.31. The molecule has 0 aromatic rings. The average Bonchev–Trinajstić information content (AvgIpc) is 3.02. The van der Waals surface area contributed by atoms with E-state index >= 15 is 0 Å². The van der Waals surface area contributed by atoms with E-state index in [0.717, 1.165) is 19.5 Å². The van der Waals surface area contributed by atoms with Gasteiger partial charge in [0.1, 0.15) is 0 Å². The number of carbonyl (C=O) groups is 1. The van der Waals surface area contributed by atoms with Crippen molar-refractivity contribution in [2.24, 2.45) is 5.41 Å². The summed E-state index contributed by atoms with van der Waals surface area (Å²) < 4.78 is 0. The highest BCUT2D eigenvalue weighted by atomic mass is 16.2. The zero-order valence-corrected chi connectivity index (χ0v) is 10.0. The summed E-state index contributed by atoms with van der Waals surface area (Å²) in [6.07, 6.45) is 3.62. The van der Waals surface area contributed by atoms with Crippen LogP contribution in [0.4, 0.5) is 0 Å². The van der Waals surface area contributed by atoms with Crippen molar-refractivity contribution in [3.8, 4) is 0 Å². The van der Waals surface area contributed by atoms with Gasteiger partial charge in [0.05, 0.1) is 6.04 Å². The lowest BCUT2D eigenvalue weighted by Crippen LogP contribution is -2.45. The highest BCUT2D eigenvalue weighted by Crippen LogP contribution is 2.47. The molecule has 3 nitrogen and oxygen atoms in total. The van der Waals surface area contributed by atoms with Gasteiger partial charge in [-0.05, 0) is 33.1 Å². The van der Waals surface area contributed by atoms with Gasteiger partial charge in [-0.25, -0.2) is 0 Å². The SMILES string of the molecule is CCC(C)N1CC2(CC2)CNC(C)C1=O. The average molecular weight is 210 g/mol. The van der Waals surface area contributed by atoms with Crippen LogP contribution in [0.1, 0.15) is 40.0 Å². The lowest BCUT2D eigenvalue weighted by molar-refractivity contribution is -0.134. The summed E-state index contributed by atoms with van der Waals surface area (Å²) in [5.41, 5.74) is 0.420. The summed E-state index contributed by atoms with van der Waals surface area (Å²) in [4.78, 5) is 14.2. The number of rotatable bonds is 2. The third kappa shape index (κ3) is 2.03. The zero-order valence-electron chi connectivity index (χ0n) is 10.0. The van der Waals surface area contributed by atoms with E-state index < -0.39 is 0 Å². The number of amides is 1. The van der Waals surface area contributed by atoms with Crippen molar-refractivity contribution in [2.75, 3.05) is 13.1 Å². The molecule has 1 N–H and O–H groups in total. The maximum atomic E-state index is 12.1. The first-order valence-corrected chi connectivity index (χ1v) is 6.12. The number of nitrogens with zero attached hydrogens (tertiary/aromatic N) is 1. The highest BCUT2D eigenvalue weighted by Gasteiger charge is 2.47. The lowest BCUT2D eigenvalue weighted by Gasteiger charge is -2.30. The summed E-state index contributed by atoms with van der Waals surface area (Å²) >= 11 is 0. The summed E-state index contributed by atoms with van der Waals surface area (Å²) in [5, 5.41) is 3.36. The third-order valence-corrected chi connectivity index (χ3v) is 4.02. The molecular weight excluding hydrogens is 188 g/mol. The smallest absolute Gasteiger partial charge is 0.239 e. The molecule has 2 fully saturated rings. The van der Waals surface area contributed by atoms with E-state index in [1.54, 1.807) is 0 Å². The van der Waals surface area contributed by atoms with Crippen molar-refractivity contribution in [2.45, 2.75) is 52.1 Å². The van der Waals surface area contributed by atoms with Gasteiger partial charge in [0.15, 0.2) is 0 Å². The summed E-state index contributed by atoms with van der Waals surface area (Å²) in [6.45, 7) is 8.29. The van der Waals surface area contributed by atoms with Crippen LogP contribution in [0.3, 0.4) is 0 Å². The van der Waals surface area contributed by atoms with E-state index in [2.05, 4.69) is 24.1 Å². The van der Waals surface area contributed by atoms with Gasteiger partial charge in [-0.1, -0.05) is 6.92 Å². The van der Waals surface area contributed by atoms with Crippen LogP contribution in [0.2, 0.25) is 0 Å². The van der Waals surface area contributed by atoms with Crippen molar-refractivity contribution >= 4 is 5.91 Å². The van der Waals surface area contributed by atoms with Crippen LogP contribution in [0, 0.1) is 5.41 Å². The fraction of sp³-hybridized carbons (Fsp3) is 0.917. The van der Waals surface area contributed by atoms with Gasteiger partial charge >= 0.3 is 0 Å². The summed E-state index contributed by atoms with van der Waals surface area (Å²) in [6, 6.07) is 0.385. The fourth-order valence-electron chi connectivity index (χ4n) is 2.31. The molecule has 0 aromatic carbocycles. The van der Waals surface area contributed by atoms with Crippen LogP contribution >= 0.6 is 0 Å². The number of hydrogen-bond acceptors (Lipinski definition) is 2.